The maximum Gasteiger partial charge on any atom is 0.251 e. The first-order chi connectivity index (χ1) is 16.2. The number of rotatable bonds is 7. The molecule has 3 heterocycles. The molecule has 1 aliphatic heterocycles. The second kappa shape index (κ2) is 9.43. The fourth-order valence-electron chi connectivity index (χ4n) is 3.77. The summed E-state index contributed by atoms with van der Waals surface area (Å²) >= 11 is 0. The van der Waals surface area contributed by atoms with Crippen molar-refractivity contribution < 1.29 is 23.2 Å². The third kappa shape index (κ3) is 4.59. The number of nitrogens with one attached hydrogen (secondary N) is 1. The van der Waals surface area contributed by atoms with Crippen molar-refractivity contribution in [3.63, 3.8) is 0 Å². The molecule has 5 rings (SSSR count). The molecule has 0 atom stereocenters. The number of aromatic nitrogens is 2. The minimum Gasteiger partial charge on any atom is -0.497 e. The molecule has 33 heavy (non-hydrogen) atoms. The van der Waals surface area contributed by atoms with Crippen molar-refractivity contribution in [1.29, 1.82) is 0 Å². The Hall–Kier alpha value is -3.69. The number of carbonyl (C=O) groups is 1. The van der Waals surface area contributed by atoms with Crippen molar-refractivity contribution in [3.05, 3.63) is 54.3 Å². The number of carbonyl (C=O) groups excluding carboxylic acids is 1. The van der Waals surface area contributed by atoms with Crippen LogP contribution in [-0.4, -0.2) is 67.5 Å². The van der Waals surface area contributed by atoms with Crippen LogP contribution in [0.15, 0.2) is 57.7 Å². The van der Waals surface area contributed by atoms with E-state index in [1.54, 1.807) is 25.3 Å². The smallest absolute Gasteiger partial charge is 0.251 e. The van der Waals surface area contributed by atoms with Crippen molar-refractivity contribution in [3.8, 4) is 28.6 Å². The number of benzene rings is 2. The third-order valence-electron chi connectivity index (χ3n) is 5.63. The number of methoxy groups -OCH3 is 1. The van der Waals surface area contributed by atoms with Gasteiger partial charge in [0.1, 0.15) is 23.4 Å². The molecular formula is C24H24N4O5. The monoisotopic (exact) mass is 448 g/mol. The van der Waals surface area contributed by atoms with Crippen molar-refractivity contribution in [2.45, 2.75) is 0 Å². The Morgan fingerprint density at radius 3 is 2.76 bits per heavy atom. The Morgan fingerprint density at radius 1 is 1.15 bits per heavy atom. The van der Waals surface area contributed by atoms with Crippen LogP contribution in [0.3, 0.4) is 0 Å². The van der Waals surface area contributed by atoms with Crippen LogP contribution in [0.2, 0.25) is 0 Å². The predicted octanol–water partition coefficient (Wildman–Crippen LogP) is 3.22. The van der Waals surface area contributed by atoms with E-state index in [4.69, 9.17) is 18.4 Å². The van der Waals surface area contributed by atoms with Gasteiger partial charge in [-0.15, -0.1) is 0 Å². The summed E-state index contributed by atoms with van der Waals surface area (Å²) in [6, 6.07) is 12.7. The zero-order chi connectivity index (χ0) is 22.6. The van der Waals surface area contributed by atoms with Gasteiger partial charge in [0.15, 0.2) is 5.58 Å². The van der Waals surface area contributed by atoms with Gasteiger partial charge in [-0.2, -0.15) is 0 Å². The van der Waals surface area contributed by atoms with Crippen LogP contribution in [0.1, 0.15) is 10.4 Å². The van der Waals surface area contributed by atoms with E-state index in [1.165, 1.54) is 6.26 Å². The lowest BCUT2D eigenvalue weighted by Gasteiger charge is -2.26. The maximum atomic E-state index is 12.7. The Bertz CT molecular complexity index is 1240. The summed E-state index contributed by atoms with van der Waals surface area (Å²) in [4.78, 5) is 19.5. The summed E-state index contributed by atoms with van der Waals surface area (Å²) in [6.45, 7) is 4.63. The summed E-state index contributed by atoms with van der Waals surface area (Å²) in [6.07, 6.45) is 1.53. The van der Waals surface area contributed by atoms with Gasteiger partial charge in [0.25, 0.3) is 5.91 Å². The van der Waals surface area contributed by atoms with E-state index in [1.807, 2.05) is 24.3 Å². The van der Waals surface area contributed by atoms with Crippen LogP contribution in [0, 0.1) is 0 Å². The van der Waals surface area contributed by atoms with E-state index >= 15 is 0 Å². The van der Waals surface area contributed by atoms with Gasteiger partial charge in [0.2, 0.25) is 5.89 Å². The number of nitrogens with zero attached hydrogens (tertiary/aromatic N) is 3. The highest BCUT2D eigenvalue weighted by atomic mass is 16.5. The first-order valence-electron chi connectivity index (χ1n) is 10.8. The molecule has 4 aromatic rings. The SMILES string of the molecule is COc1ccc(-c2nc(-c3noc4ccc(C(=O)NCCN5CCOCC5)cc34)co2)cc1. The van der Waals surface area contributed by atoms with Crippen molar-refractivity contribution >= 4 is 16.9 Å². The molecule has 9 heteroatoms. The van der Waals surface area contributed by atoms with Crippen LogP contribution in [0.5, 0.6) is 5.75 Å². The van der Waals surface area contributed by atoms with Gasteiger partial charge in [-0.3, -0.25) is 9.69 Å². The minimum atomic E-state index is -0.142. The summed E-state index contributed by atoms with van der Waals surface area (Å²) < 4.78 is 21.6. The van der Waals surface area contributed by atoms with Gasteiger partial charge in [0.05, 0.1) is 25.7 Å². The second-order valence-electron chi connectivity index (χ2n) is 7.72. The molecule has 1 fully saturated rings. The summed E-state index contributed by atoms with van der Waals surface area (Å²) in [5, 5.41) is 7.84. The highest BCUT2D eigenvalue weighted by Gasteiger charge is 2.18. The molecule has 0 radical (unpaired) electrons. The van der Waals surface area contributed by atoms with Crippen molar-refractivity contribution in [2.75, 3.05) is 46.5 Å². The summed E-state index contributed by atoms with van der Waals surface area (Å²) in [5.74, 6) is 1.07. The quantitative estimate of drug-likeness (QED) is 0.460. The Morgan fingerprint density at radius 2 is 1.97 bits per heavy atom. The zero-order valence-corrected chi connectivity index (χ0v) is 18.2. The number of ether oxygens (including phenoxy) is 2. The van der Waals surface area contributed by atoms with Gasteiger partial charge in [-0.25, -0.2) is 4.98 Å². The fourth-order valence-corrected chi connectivity index (χ4v) is 3.77. The number of hydrogen-bond acceptors (Lipinski definition) is 8. The number of oxazole rings is 1. The molecule has 170 valence electrons. The van der Waals surface area contributed by atoms with E-state index in [0.717, 1.165) is 44.2 Å². The van der Waals surface area contributed by atoms with E-state index in [9.17, 15) is 4.79 Å². The first kappa shape index (κ1) is 21.2. The molecule has 2 aromatic heterocycles. The lowest BCUT2D eigenvalue weighted by molar-refractivity contribution is 0.0383. The molecule has 0 unspecified atom stereocenters. The van der Waals surface area contributed by atoms with E-state index < -0.39 is 0 Å². The van der Waals surface area contributed by atoms with E-state index in [-0.39, 0.29) is 5.91 Å². The lowest BCUT2D eigenvalue weighted by atomic mass is 10.1. The van der Waals surface area contributed by atoms with Crippen molar-refractivity contribution in [1.82, 2.24) is 20.4 Å². The predicted molar refractivity (Wildman–Crippen MR) is 121 cm³/mol. The Labute approximate surface area is 190 Å². The standard InChI is InChI=1S/C24H24N4O5/c1-30-18-5-2-16(3-6-18)24-26-20(15-32-24)22-19-14-17(4-7-21(19)33-27-22)23(29)25-8-9-28-10-12-31-13-11-28/h2-7,14-15H,8-13H2,1H3,(H,25,29). The van der Waals surface area contributed by atoms with Gasteiger partial charge < -0.3 is 23.7 Å². The zero-order valence-electron chi connectivity index (χ0n) is 18.2. The average Bonchev–Trinajstić information content (AvgIpc) is 3.51. The molecule has 0 aliphatic carbocycles. The summed E-state index contributed by atoms with van der Waals surface area (Å²) in [7, 11) is 1.62. The molecule has 1 aliphatic rings. The lowest BCUT2D eigenvalue weighted by Crippen LogP contribution is -2.41. The number of morpholine rings is 1. The number of fused-ring (bicyclic) bond motifs is 1. The molecule has 9 nitrogen and oxygen atoms in total. The fraction of sp³-hybridized carbons (Fsp3) is 0.292. The molecule has 1 N–H and O–H groups in total. The maximum absolute atomic E-state index is 12.7. The minimum absolute atomic E-state index is 0.142. The molecule has 1 saturated heterocycles. The topological polar surface area (TPSA) is 103 Å². The normalized spacial score (nSPS) is 14.5. The van der Waals surface area contributed by atoms with Crippen molar-refractivity contribution in [2.24, 2.45) is 0 Å². The first-order valence-corrected chi connectivity index (χ1v) is 10.8. The van der Waals surface area contributed by atoms with Crippen LogP contribution in [-0.2, 0) is 4.74 Å². The molecule has 0 saturated carbocycles. The number of hydrogen-bond donors (Lipinski definition) is 1. The highest BCUT2D eigenvalue weighted by molar-refractivity contribution is 6.00. The molecule has 0 spiro atoms. The Kier molecular flexibility index (Phi) is 6.05. The average molecular weight is 448 g/mol. The van der Waals surface area contributed by atoms with Gasteiger partial charge in [0, 0.05) is 37.3 Å². The summed E-state index contributed by atoms with van der Waals surface area (Å²) in [5.41, 5.74) is 2.98. The molecule has 2 aromatic carbocycles. The molecular weight excluding hydrogens is 424 g/mol. The van der Waals surface area contributed by atoms with Crippen LogP contribution in [0.25, 0.3) is 33.8 Å². The van der Waals surface area contributed by atoms with Crippen LogP contribution in [0.4, 0.5) is 0 Å². The van der Waals surface area contributed by atoms with E-state index in [2.05, 4.69) is 20.4 Å². The van der Waals surface area contributed by atoms with Gasteiger partial charge in [-0.05, 0) is 42.5 Å². The van der Waals surface area contributed by atoms with Crippen LogP contribution >= 0.6 is 0 Å². The van der Waals surface area contributed by atoms with Gasteiger partial charge >= 0.3 is 0 Å². The van der Waals surface area contributed by atoms with E-state index in [0.29, 0.717) is 40.4 Å². The third-order valence-corrected chi connectivity index (χ3v) is 5.63. The Balaban J connectivity index is 1.32. The second-order valence-corrected chi connectivity index (χ2v) is 7.72. The number of amides is 1. The van der Waals surface area contributed by atoms with Crippen LogP contribution < -0.4 is 10.1 Å². The largest absolute Gasteiger partial charge is 0.497 e. The molecule has 1 amide bonds. The van der Waals surface area contributed by atoms with Gasteiger partial charge in [-0.1, -0.05) is 5.16 Å². The molecule has 0 bridgehead atoms. The highest BCUT2D eigenvalue weighted by Crippen LogP contribution is 2.31.